The molecule has 0 spiro atoms. The zero-order valence-corrected chi connectivity index (χ0v) is 10.9. The molecule has 0 heterocycles. The predicted molar refractivity (Wildman–Crippen MR) is 73.9 cm³/mol. The van der Waals surface area contributed by atoms with E-state index in [0.717, 1.165) is 5.56 Å². The first-order valence-corrected chi connectivity index (χ1v) is 6.06. The van der Waals surface area contributed by atoms with Crippen LogP contribution in [0.3, 0.4) is 0 Å². The maximum atomic E-state index is 11.6. The Morgan fingerprint density at radius 2 is 1.84 bits per heavy atom. The van der Waals surface area contributed by atoms with Gasteiger partial charge in [0.05, 0.1) is 5.56 Å². The van der Waals surface area contributed by atoms with Crippen molar-refractivity contribution in [3.63, 3.8) is 0 Å². The summed E-state index contributed by atoms with van der Waals surface area (Å²) in [6, 6.07) is 14.3. The van der Waals surface area contributed by atoms with E-state index in [4.69, 9.17) is 22.2 Å². The van der Waals surface area contributed by atoms with Crippen LogP contribution in [0.25, 0.3) is 0 Å². The number of para-hydroxylation sites is 1. The van der Waals surface area contributed by atoms with E-state index in [1.807, 2.05) is 18.2 Å². The van der Waals surface area contributed by atoms with Crippen LogP contribution < -0.4 is 16.0 Å². The molecule has 19 heavy (non-hydrogen) atoms. The number of nitrogens with one attached hydrogen (secondary N) is 1. The van der Waals surface area contributed by atoms with Crippen LogP contribution in [0.15, 0.2) is 48.5 Å². The van der Waals surface area contributed by atoms with E-state index in [9.17, 15) is 4.79 Å². The monoisotopic (exact) mass is 276 g/mol. The SMILES string of the molecule is NNC(=O)c1ccccc1OCc1ccccc1Cl. The molecule has 2 aromatic rings. The number of nitrogens with two attached hydrogens (primary N) is 1. The van der Waals surface area contributed by atoms with Crippen LogP contribution in [-0.2, 0) is 6.61 Å². The maximum Gasteiger partial charge on any atom is 0.268 e. The minimum Gasteiger partial charge on any atom is -0.488 e. The molecule has 0 aliphatic heterocycles. The van der Waals surface area contributed by atoms with Crippen molar-refractivity contribution in [3.05, 3.63) is 64.7 Å². The molecule has 0 saturated heterocycles. The fourth-order valence-corrected chi connectivity index (χ4v) is 1.82. The third-order valence-corrected chi connectivity index (χ3v) is 2.97. The van der Waals surface area contributed by atoms with Gasteiger partial charge in [-0.2, -0.15) is 0 Å². The third-order valence-electron chi connectivity index (χ3n) is 2.60. The Hall–Kier alpha value is -2.04. The van der Waals surface area contributed by atoms with Gasteiger partial charge in [0.2, 0.25) is 0 Å². The van der Waals surface area contributed by atoms with Crippen molar-refractivity contribution in [2.24, 2.45) is 5.84 Å². The molecule has 2 rings (SSSR count). The lowest BCUT2D eigenvalue weighted by molar-refractivity contribution is 0.0949. The van der Waals surface area contributed by atoms with Crippen LogP contribution in [-0.4, -0.2) is 5.91 Å². The van der Waals surface area contributed by atoms with Crippen LogP contribution in [0.2, 0.25) is 5.02 Å². The van der Waals surface area contributed by atoms with Crippen molar-refractivity contribution < 1.29 is 9.53 Å². The number of hydrogen-bond donors (Lipinski definition) is 2. The van der Waals surface area contributed by atoms with Gasteiger partial charge in [-0.05, 0) is 18.2 Å². The molecular formula is C14H13ClN2O2. The smallest absolute Gasteiger partial charge is 0.268 e. The standard InChI is InChI=1S/C14H13ClN2O2/c15-12-7-3-1-5-10(12)9-19-13-8-4-2-6-11(13)14(18)17-16/h1-8H,9,16H2,(H,17,18). The molecule has 4 nitrogen and oxygen atoms in total. The highest BCUT2D eigenvalue weighted by Crippen LogP contribution is 2.21. The number of halogens is 1. The number of hydrazine groups is 1. The van der Waals surface area contributed by atoms with Gasteiger partial charge in [-0.3, -0.25) is 10.2 Å². The molecule has 0 aliphatic rings. The lowest BCUT2D eigenvalue weighted by Gasteiger charge is -2.11. The van der Waals surface area contributed by atoms with Gasteiger partial charge in [0.1, 0.15) is 12.4 Å². The van der Waals surface area contributed by atoms with E-state index in [1.165, 1.54) is 0 Å². The Morgan fingerprint density at radius 1 is 1.16 bits per heavy atom. The summed E-state index contributed by atoms with van der Waals surface area (Å²) in [5.41, 5.74) is 3.33. The van der Waals surface area contributed by atoms with Gasteiger partial charge >= 0.3 is 0 Å². The Labute approximate surface area is 116 Å². The first-order chi connectivity index (χ1) is 9.22. The molecule has 5 heteroatoms. The fraction of sp³-hybridized carbons (Fsp3) is 0.0714. The molecule has 0 saturated carbocycles. The van der Waals surface area contributed by atoms with E-state index >= 15 is 0 Å². The molecule has 2 aromatic carbocycles. The largest absolute Gasteiger partial charge is 0.488 e. The topological polar surface area (TPSA) is 64.3 Å². The highest BCUT2D eigenvalue weighted by Gasteiger charge is 2.11. The van der Waals surface area contributed by atoms with Crippen LogP contribution in [0, 0.1) is 0 Å². The zero-order chi connectivity index (χ0) is 13.7. The summed E-state index contributed by atoms with van der Waals surface area (Å²) in [6.07, 6.45) is 0. The Kier molecular flexibility index (Phi) is 4.39. The number of benzene rings is 2. The first kappa shape index (κ1) is 13.4. The highest BCUT2D eigenvalue weighted by atomic mass is 35.5. The quantitative estimate of drug-likeness (QED) is 0.512. The van der Waals surface area contributed by atoms with Gasteiger partial charge < -0.3 is 4.74 Å². The molecular weight excluding hydrogens is 264 g/mol. The number of carbonyl (C=O) groups is 1. The molecule has 0 aromatic heterocycles. The second-order valence-corrected chi connectivity index (χ2v) is 4.26. The Bertz CT molecular complexity index is 587. The molecule has 0 atom stereocenters. The van der Waals surface area contributed by atoms with Crippen LogP contribution in [0.5, 0.6) is 5.75 Å². The van der Waals surface area contributed by atoms with Crippen LogP contribution in [0.4, 0.5) is 0 Å². The molecule has 0 aliphatic carbocycles. The maximum absolute atomic E-state index is 11.6. The van der Waals surface area contributed by atoms with Crippen LogP contribution in [0.1, 0.15) is 15.9 Å². The lowest BCUT2D eigenvalue weighted by atomic mass is 10.2. The second-order valence-electron chi connectivity index (χ2n) is 3.85. The van der Waals surface area contributed by atoms with Gasteiger partial charge in [0.15, 0.2) is 0 Å². The lowest BCUT2D eigenvalue weighted by Crippen LogP contribution is -2.30. The third kappa shape index (κ3) is 3.24. The predicted octanol–water partition coefficient (Wildman–Crippen LogP) is 2.52. The number of nitrogen functional groups attached to an aromatic ring is 1. The van der Waals surface area contributed by atoms with E-state index in [1.54, 1.807) is 30.3 Å². The van der Waals surface area contributed by atoms with Crippen molar-refractivity contribution in [3.8, 4) is 5.75 Å². The number of amides is 1. The average molecular weight is 277 g/mol. The Balaban J connectivity index is 2.16. The van der Waals surface area contributed by atoms with Gasteiger partial charge in [-0.25, -0.2) is 5.84 Å². The van der Waals surface area contributed by atoms with Gasteiger partial charge in [-0.15, -0.1) is 0 Å². The summed E-state index contributed by atoms with van der Waals surface area (Å²) in [4.78, 5) is 11.6. The minimum absolute atomic E-state index is 0.286. The Morgan fingerprint density at radius 3 is 2.58 bits per heavy atom. The van der Waals surface area contributed by atoms with E-state index < -0.39 is 5.91 Å². The van der Waals surface area contributed by atoms with Gasteiger partial charge in [0.25, 0.3) is 5.91 Å². The molecule has 3 N–H and O–H groups in total. The first-order valence-electron chi connectivity index (χ1n) is 5.68. The summed E-state index contributed by atoms with van der Waals surface area (Å²) in [5.74, 6) is 5.20. The summed E-state index contributed by atoms with van der Waals surface area (Å²) < 4.78 is 5.63. The number of rotatable bonds is 4. The highest BCUT2D eigenvalue weighted by molar-refractivity contribution is 6.31. The number of ether oxygens (including phenoxy) is 1. The van der Waals surface area contributed by atoms with Crippen molar-refractivity contribution in [1.29, 1.82) is 0 Å². The minimum atomic E-state index is -0.394. The van der Waals surface area contributed by atoms with Crippen LogP contribution >= 0.6 is 11.6 Å². The molecule has 98 valence electrons. The summed E-state index contributed by atoms with van der Waals surface area (Å²) in [5, 5.41) is 0.628. The molecule has 0 fully saturated rings. The average Bonchev–Trinajstić information content (AvgIpc) is 2.46. The molecule has 0 unspecified atom stereocenters. The summed E-state index contributed by atoms with van der Waals surface area (Å²) >= 11 is 6.04. The van der Waals surface area contributed by atoms with Crippen molar-refractivity contribution in [1.82, 2.24) is 5.43 Å². The van der Waals surface area contributed by atoms with Crippen molar-refractivity contribution >= 4 is 17.5 Å². The molecule has 1 amide bonds. The van der Waals surface area contributed by atoms with E-state index in [-0.39, 0.29) is 6.61 Å². The van der Waals surface area contributed by atoms with E-state index in [2.05, 4.69) is 5.43 Å². The summed E-state index contributed by atoms with van der Waals surface area (Å²) in [7, 11) is 0. The van der Waals surface area contributed by atoms with Gasteiger partial charge in [-0.1, -0.05) is 41.9 Å². The molecule has 0 bridgehead atoms. The normalized spacial score (nSPS) is 10.0. The number of hydrogen-bond acceptors (Lipinski definition) is 3. The zero-order valence-electron chi connectivity index (χ0n) is 10.1. The fourth-order valence-electron chi connectivity index (χ4n) is 1.63. The summed E-state index contributed by atoms with van der Waals surface area (Å²) in [6.45, 7) is 0.286. The second kappa shape index (κ2) is 6.22. The van der Waals surface area contributed by atoms with Crippen molar-refractivity contribution in [2.45, 2.75) is 6.61 Å². The molecule has 0 radical (unpaired) electrons. The number of carbonyl (C=O) groups excluding carboxylic acids is 1. The van der Waals surface area contributed by atoms with Gasteiger partial charge in [0, 0.05) is 10.6 Å². The van der Waals surface area contributed by atoms with Crippen molar-refractivity contribution in [2.75, 3.05) is 0 Å². The van der Waals surface area contributed by atoms with E-state index in [0.29, 0.717) is 16.3 Å².